The molecule has 8 nitrogen and oxygen atoms in total. The molecule has 0 saturated carbocycles. The van der Waals surface area contributed by atoms with Gasteiger partial charge in [-0.2, -0.15) is 0 Å². The van der Waals surface area contributed by atoms with Gasteiger partial charge in [-0.25, -0.2) is 36.1 Å². The molecule has 0 radical (unpaired) electrons. The Morgan fingerprint density at radius 2 is 2.09 bits per heavy atom. The molecule has 2 aliphatic heterocycles. The summed E-state index contributed by atoms with van der Waals surface area (Å²) in [5, 5.41) is 2.61. The van der Waals surface area contributed by atoms with Crippen molar-refractivity contribution in [2.75, 3.05) is 12.3 Å². The number of benzene rings is 1. The molecule has 0 aliphatic carbocycles. The van der Waals surface area contributed by atoms with Crippen molar-refractivity contribution < 1.29 is 31.1 Å². The summed E-state index contributed by atoms with van der Waals surface area (Å²) in [6, 6.07) is 2.89. The molecule has 4 rings (SSSR count). The fourth-order valence-corrected chi connectivity index (χ4v) is 4.84. The maximum Gasteiger partial charge on any atom is 0.318 e. The maximum atomic E-state index is 15.3. The highest BCUT2D eigenvalue weighted by molar-refractivity contribution is 7.89. The number of pyridine rings is 1. The zero-order valence-electron chi connectivity index (χ0n) is 17.3. The Morgan fingerprint density at radius 1 is 1.33 bits per heavy atom. The van der Waals surface area contributed by atoms with Crippen molar-refractivity contribution >= 4 is 27.7 Å². The molecule has 2 amide bonds. The lowest BCUT2D eigenvalue weighted by atomic mass is 9.98. The second-order valence-corrected chi connectivity index (χ2v) is 10.2. The summed E-state index contributed by atoms with van der Waals surface area (Å²) in [7, 11) is -4.05. The van der Waals surface area contributed by atoms with Crippen molar-refractivity contribution in [3.63, 3.8) is 0 Å². The molecule has 0 spiro atoms. The third-order valence-electron chi connectivity index (χ3n) is 5.54. The lowest BCUT2D eigenvalue weighted by molar-refractivity contribution is -0.00456. The van der Waals surface area contributed by atoms with Crippen LogP contribution in [-0.4, -0.2) is 54.6 Å². The molecule has 13 heteroatoms. The van der Waals surface area contributed by atoms with Gasteiger partial charge in [0.2, 0.25) is 15.9 Å². The van der Waals surface area contributed by atoms with E-state index in [0.717, 1.165) is 4.90 Å². The zero-order valence-corrected chi connectivity index (χ0v) is 18.9. The summed E-state index contributed by atoms with van der Waals surface area (Å²) in [5.41, 5.74) is 0.254. The SMILES string of the molecule is CCS(=O)(=O)N[C@@H]1[C@@H]2Cc3cccc(c3F)Oc3nc(ccc3Cl)CNC(=O)N2CC1(F)F. The molecule has 178 valence electrons. The van der Waals surface area contributed by atoms with E-state index in [0.29, 0.717) is 5.69 Å². The van der Waals surface area contributed by atoms with E-state index in [2.05, 4.69) is 10.3 Å². The number of fused-ring (bicyclic) bond motifs is 5. The summed E-state index contributed by atoms with van der Waals surface area (Å²) in [5.74, 6) is -5.19. The molecule has 3 heterocycles. The van der Waals surface area contributed by atoms with Gasteiger partial charge in [-0.1, -0.05) is 23.7 Å². The van der Waals surface area contributed by atoms with E-state index in [1.54, 1.807) is 0 Å². The predicted molar refractivity (Wildman–Crippen MR) is 113 cm³/mol. The lowest BCUT2D eigenvalue weighted by Gasteiger charge is -2.28. The van der Waals surface area contributed by atoms with Crippen LogP contribution >= 0.6 is 11.6 Å². The van der Waals surface area contributed by atoms with E-state index in [4.69, 9.17) is 16.3 Å². The van der Waals surface area contributed by atoms with Crippen LogP contribution < -0.4 is 14.8 Å². The fraction of sp³-hybridized carbons (Fsp3) is 0.400. The number of alkyl halides is 2. The molecule has 33 heavy (non-hydrogen) atoms. The Morgan fingerprint density at radius 3 is 2.82 bits per heavy atom. The van der Waals surface area contributed by atoms with Crippen LogP contribution in [0.5, 0.6) is 11.6 Å². The number of urea groups is 1. The Bertz CT molecular complexity index is 1200. The second kappa shape index (κ2) is 8.65. The summed E-state index contributed by atoms with van der Waals surface area (Å²) >= 11 is 6.10. The third-order valence-corrected chi connectivity index (χ3v) is 7.20. The highest BCUT2D eigenvalue weighted by Crippen LogP contribution is 2.37. The monoisotopic (exact) mass is 504 g/mol. The largest absolute Gasteiger partial charge is 0.434 e. The van der Waals surface area contributed by atoms with Crippen molar-refractivity contribution in [1.82, 2.24) is 19.9 Å². The molecular formula is C20H20ClF3N4O4S. The summed E-state index contributed by atoms with van der Waals surface area (Å²) in [4.78, 5) is 17.8. The number of carbonyl (C=O) groups is 1. The first kappa shape index (κ1) is 23.6. The normalized spacial score (nSPS) is 22.3. The summed E-state index contributed by atoms with van der Waals surface area (Å²) in [6.45, 7) is 0.112. The minimum Gasteiger partial charge on any atom is -0.434 e. The first-order chi connectivity index (χ1) is 15.5. The molecular weight excluding hydrogens is 485 g/mol. The van der Waals surface area contributed by atoms with Crippen molar-refractivity contribution in [1.29, 1.82) is 0 Å². The van der Waals surface area contributed by atoms with Gasteiger partial charge in [-0.3, -0.25) is 0 Å². The molecule has 1 aromatic heterocycles. The van der Waals surface area contributed by atoms with Crippen LogP contribution in [0.4, 0.5) is 18.0 Å². The van der Waals surface area contributed by atoms with Crippen LogP contribution in [0, 0.1) is 5.82 Å². The Balaban J connectivity index is 1.81. The van der Waals surface area contributed by atoms with E-state index in [-0.39, 0.29) is 35.2 Å². The van der Waals surface area contributed by atoms with Crippen LogP contribution in [0.25, 0.3) is 0 Å². The van der Waals surface area contributed by atoms with Crippen molar-refractivity contribution in [3.8, 4) is 11.6 Å². The molecule has 2 atom stereocenters. The summed E-state index contributed by atoms with van der Waals surface area (Å²) < 4.78 is 76.9. The van der Waals surface area contributed by atoms with Crippen LogP contribution in [0.1, 0.15) is 18.2 Å². The molecule has 0 unspecified atom stereocenters. The van der Waals surface area contributed by atoms with Crippen molar-refractivity contribution in [2.24, 2.45) is 0 Å². The van der Waals surface area contributed by atoms with Gasteiger partial charge in [-0.15, -0.1) is 0 Å². The minimum atomic E-state index is -4.05. The first-order valence-corrected chi connectivity index (χ1v) is 12.1. The molecule has 2 N–H and O–H groups in total. The van der Waals surface area contributed by atoms with Gasteiger partial charge < -0.3 is 15.0 Å². The number of hydrogen-bond acceptors (Lipinski definition) is 5. The highest BCUT2D eigenvalue weighted by atomic mass is 35.5. The number of aromatic nitrogens is 1. The van der Waals surface area contributed by atoms with Crippen molar-refractivity contribution in [2.45, 2.75) is 37.9 Å². The second-order valence-electron chi connectivity index (χ2n) is 7.74. The number of hydrogen-bond donors (Lipinski definition) is 2. The van der Waals surface area contributed by atoms with Crippen LogP contribution in [0.15, 0.2) is 30.3 Å². The minimum absolute atomic E-state index is 0.0415. The molecule has 1 saturated heterocycles. The van der Waals surface area contributed by atoms with Crippen LogP contribution in [-0.2, 0) is 23.0 Å². The Hall–Kier alpha value is -2.57. The van der Waals surface area contributed by atoms with E-state index in [1.165, 1.54) is 37.3 Å². The average Bonchev–Trinajstić information content (AvgIpc) is 3.00. The molecule has 2 aromatic rings. The van der Waals surface area contributed by atoms with Crippen LogP contribution in [0.3, 0.4) is 0 Å². The number of ether oxygens (including phenoxy) is 1. The lowest BCUT2D eigenvalue weighted by Crippen LogP contribution is -2.53. The third kappa shape index (κ3) is 4.73. The van der Waals surface area contributed by atoms with Gasteiger partial charge in [-0.05, 0) is 37.1 Å². The molecule has 4 bridgehead atoms. The highest BCUT2D eigenvalue weighted by Gasteiger charge is 2.57. The van der Waals surface area contributed by atoms with Gasteiger partial charge in [0.25, 0.3) is 5.92 Å². The van der Waals surface area contributed by atoms with Gasteiger partial charge in [0.05, 0.1) is 30.6 Å². The number of nitrogens with one attached hydrogen (secondary N) is 2. The zero-order chi connectivity index (χ0) is 24.0. The van der Waals surface area contributed by atoms with Gasteiger partial charge in [0, 0.05) is 0 Å². The molecule has 2 aliphatic rings. The quantitative estimate of drug-likeness (QED) is 0.669. The number of nitrogens with zero attached hydrogens (tertiary/aromatic N) is 2. The molecule has 1 fully saturated rings. The van der Waals surface area contributed by atoms with E-state index < -0.39 is 52.2 Å². The van der Waals surface area contributed by atoms with Crippen LogP contribution in [0.2, 0.25) is 5.02 Å². The Labute approximate surface area is 193 Å². The van der Waals surface area contributed by atoms with Gasteiger partial charge in [0.1, 0.15) is 11.1 Å². The summed E-state index contributed by atoms with van der Waals surface area (Å²) in [6.07, 6.45) is -0.387. The molecule has 1 aromatic carbocycles. The fourth-order valence-electron chi connectivity index (χ4n) is 3.82. The smallest absolute Gasteiger partial charge is 0.318 e. The van der Waals surface area contributed by atoms with E-state index in [1.807, 2.05) is 4.72 Å². The van der Waals surface area contributed by atoms with Gasteiger partial charge >= 0.3 is 6.03 Å². The van der Waals surface area contributed by atoms with E-state index >= 15 is 4.39 Å². The number of amides is 2. The topological polar surface area (TPSA) is 101 Å². The number of sulfonamides is 1. The first-order valence-electron chi connectivity index (χ1n) is 10.0. The number of rotatable bonds is 3. The number of carbonyl (C=O) groups excluding carboxylic acids is 1. The number of halogens is 4. The predicted octanol–water partition coefficient (Wildman–Crippen LogP) is 3.06. The maximum absolute atomic E-state index is 15.3. The Kier molecular flexibility index (Phi) is 6.18. The van der Waals surface area contributed by atoms with Gasteiger partial charge in [0.15, 0.2) is 11.6 Å². The average molecular weight is 505 g/mol. The van der Waals surface area contributed by atoms with Crippen molar-refractivity contribution in [3.05, 3.63) is 52.4 Å². The standard InChI is InChI=1S/C20H20ClF3N4O4S/c1-2-33(30,31)27-17-14-8-11-4-3-5-15(16(11)22)32-18-13(21)7-6-12(26-18)9-25-19(29)28(14)10-20(17,23)24/h3-7,14,17,27H,2,8-10H2,1H3,(H,25,29)/t14-,17+/m0/s1. The van der Waals surface area contributed by atoms with E-state index in [9.17, 15) is 22.0 Å².